The molecule has 6 nitrogen and oxygen atoms in total. The molecule has 0 spiro atoms. The van der Waals surface area contributed by atoms with Crippen LogP contribution in [-0.2, 0) is 0 Å². The largest absolute Gasteiger partial charge is 0.338 e. The van der Waals surface area contributed by atoms with Crippen LogP contribution in [0.15, 0.2) is 12.1 Å². The van der Waals surface area contributed by atoms with Crippen molar-refractivity contribution >= 4 is 34.7 Å². The summed E-state index contributed by atoms with van der Waals surface area (Å²) in [5.74, 6) is 0.230. The minimum absolute atomic E-state index is 0. The summed E-state index contributed by atoms with van der Waals surface area (Å²) in [5, 5.41) is 10.5. The summed E-state index contributed by atoms with van der Waals surface area (Å²) in [5.41, 5.74) is 5.55. The van der Waals surface area contributed by atoms with Gasteiger partial charge in [0.1, 0.15) is 0 Å². The van der Waals surface area contributed by atoms with E-state index in [0.29, 0.717) is 30.4 Å². The van der Waals surface area contributed by atoms with Gasteiger partial charge in [0, 0.05) is 19.2 Å². The predicted molar refractivity (Wildman–Crippen MR) is 71.3 cm³/mol. The van der Waals surface area contributed by atoms with E-state index in [1.807, 2.05) is 0 Å². The highest BCUT2D eigenvalue weighted by molar-refractivity contribution is 7.17. The standard InChI is InChI=1S/C10H13N3O3S.ClH/c11-5-7-3-4-12(6-7)10(14)8-1-2-9(17-8)13(15)16;/h1-2,7H,3-6,11H2;1H. The van der Waals surface area contributed by atoms with Crippen molar-refractivity contribution in [2.24, 2.45) is 11.7 Å². The van der Waals surface area contributed by atoms with Crippen molar-refractivity contribution in [3.05, 3.63) is 27.1 Å². The van der Waals surface area contributed by atoms with Crippen LogP contribution in [0.2, 0.25) is 0 Å². The number of thiophene rings is 1. The summed E-state index contributed by atoms with van der Waals surface area (Å²) in [6.07, 6.45) is 0.912. The zero-order chi connectivity index (χ0) is 12.4. The van der Waals surface area contributed by atoms with Crippen LogP contribution in [0.4, 0.5) is 5.00 Å². The minimum Gasteiger partial charge on any atom is -0.338 e. The van der Waals surface area contributed by atoms with Crippen molar-refractivity contribution in [2.45, 2.75) is 6.42 Å². The van der Waals surface area contributed by atoms with Crippen molar-refractivity contribution in [3.8, 4) is 0 Å². The summed E-state index contributed by atoms with van der Waals surface area (Å²) in [4.78, 5) is 24.2. The van der Waals surface area contributed by atoms with E-state index in [0.717, 1.165) is 17.8 Å². The lowest BCUT2D eigenvalue weighted by Gasteiger charge is -2.14. The predicted octanol–water partition coefficient (Wildman–Crippen LogP) is 1.50. The van der Waals surface area contributed by atoms with Crippen LogP contribution in [0.25, 0.3) is 0 Å². The molecule has 0 aliphatic carbocycles. The highest BCUT2D eigenvalue weighted by Gasteiger charge is 2.27. The Balaban J connectivity index is 0.00000162. The monoisotopic (exact) mass is 291 g/mol. The van der Waals surface area contributed by atoms with Gasteiger partial charge in [0.2, 0.25) is 0 Å². The van der Waals surface area contributed by atoms with Gasteiger partial charge < -0.3 is 10.6 Å². The molecule has 1 aromatic heterocycles. The number of nitrogens with two attached hydrogens (primary N) is 1. The van der Waals surface area contributed by atoms with Gasteiger partial charge in [-0.05, 0) is 24.9 Å². The molecule has 2 heterocycles. The van der Waals surface area contributed by atoms with Crippen LogP contribution in [0.3, 0.4) is 0 Å². The van der Waals surface area contributed by atoms with Crippen LogP contribution in [-0.4, -0.2) is 35.4 Å². The van der Waals surface area contributed by atoms with Crippen LogP contribution in [0.1, 0.15) is 16.1 Å². The highest BCUT2D eigenvalue weighted by Crippen LogP contribution is 2.26. The van der Waals surface area contributed by atoms with Gasteiger partial charge in [-0.25, -0.2) is 0 Å². The van der Waals surface area contributed by atoms with Crippen molar-refractivity contribution in [3.63, 3.8) is 0 Å². The molecule has 100 valence electrons. The van der Waals surface area contributed by atoms with E-state index < -0.39 is 4.92 Å². The first kappa shape index (κ1) is 14.9. The Hall–Kier alpha value is -1.18. The molecule has 18 heavy (non-hydrogen) atoms. The maximum Gasteiger partial charge on any atom is 0.324 e. The third kappa shape index (κ3) is 2.98. The lowest BCUT2D eigenvalue weighted by molar-refractivity contribution is -0.380. The Morgan fingerprint density at radius 1 is 1.61 bits per heavy atom. The summed E-state index contributed by atoms with van der Waals surface area (Å²) in [6, 6.07) is 2.88. The van der Waals surface area contributed by atoms with Gasteiger partial charge in [0.05, 0.1) is 9.80 Å². The van der Waals surface area contributed by atoms with Crippen LogP contribution < -0.4 is 5.73 Å². The number of hydrogen-bond acceptors (Lipinski definition) is 5. The normalized spacial score (nSPS) is 18.5. The molecule has 1 unspecified atom stereocenters. The number of likely N-dealkylation sites (tertiary alicyclic amines) is 1. The molecule has 0 aromatic carbocycles. The van der Waals surface area contributed by atoms with Gasteiger partial charge in [0.15, 0.2) is 0 Å². The van der Waals surface area contributed by atoms with Crippen LogP contribution >= 0.6 is 23.7 Å². The zero-order valence-corrected chi connectivity index (χ0v) is 11.2. The lowest BCUT2D eigenvalue weighted by atomic mass is 10.1. The number of carbonyl (C=O) groups is 1. The molecular formula is C10H14ClN3O3S. The molecule has 1 aliphatic rings. The highest BCUT2D eigenvalue weighted by atomic mass is 35.5. The quantitative estimate of drug-likeness (QED) is 0.675. The molecule has 2 N–H and O–H groups in total. The van der Waals surface area contributed by atoms with E-state index >= 15 is 0 Å². The Bertz CT molecular complexity index is 451. The molecular weight excluding hydrogens is 278 g/mol. The number of halogens is 1. The van der Waals surface area contributed by atoms with Crippen LogP contribution in [0.5, 0.6) is 0 Å². The van der Waals surface area contributed by atoms with Gasteiger partial charge in [-0.1, -0.05) is 11.3 Å². The summed E-state index contributed by atoms with van der Waals surface area (Å²) in [7, 11) is 0. The molecule has 1 aromatic rings. The fourth-order valence-electron chi connectivity index (χ4n) is 1.91. The first-order valence-corrected chi connectivity index (χ1v) is 6.17. The zero-order valence-electron chi connectivity index (χ0n) is 9.57. The second-order valence-electron chi connectivity index (χ2n) is 4.04. The maximum absolute atomic E-state index is 12.0. The second kappa shape index (κ2) is 6.12. The molecule has 8 heteroatoms. The van der Waals surface area contributed by atoms with E-state index in [1.165, 1.54) is 12.1 Å². The molecule has 0 bridgehead atoms. The topological polar surface area (TPSA) is 89.5 Å². The Morgan fingerprint density at radius 3 is 2.83 bits per heavy atom. The Kier molecular flexibility index (Phi) is 5.06. The van der Waals surface area contributed by atoms with Gasteiger partial charge in [-0.2, -0.15) is 0 Å². The van der Waals surface area contributed by atoms with E-state index in [4.69, 9.17) is 5.73 Å². The summed E-state index contributed by atoms with van der Waals surface area (Å²) in [6.45, 7) is 1.92. The van der Waals surface area contributed by atoms with Gasteiger partial charge in [-0.3, -0.25) is 14.9 Å². The maximum atomic E-state index is 12.0. The fourth-order valence-corrected chi connectivity index (χ4v) is 2.69. The van der Waals surface area contributed by atoms with Gasteiger partial charge >= 0.3 is 5.00 Å². The molecule has 1 aliphatic heterocycles. The van der Waals surface area contributed by atoms with Crippen molar-refractivity contribution in [1.82, 2.24) is 4.90 Å². The number of rotatable bonds is 3. The molecule has 2 rings (SSSR count). The number of nitrogens with zero attached hydrogens (tertiary/aromatic N) is 2. The molecule has 1 atom stereocenters. The molecule has 0 saturated carbocycles. The average Bonchev–Trinajstić information content (AvgIpc) is 2.97. The summed E-state index contributed by atoms with van der Waals surface area (Å²) < 4.78 is 0. The van der Waals surface area contributed by atoms with Crippen molar-refractivity contribution in [2.75, 3.05) is 19.6 Å². The third-order valence-corrected chi connectivity index (χ3v) is 3.91. The molecule has 1 saturated heterocycles. The number of hydrogen-bond donors (Lipinski definition) is 1. The first-order valence-electron chi connectivity index (χ1n) is 5.35. The van der Waals surface area contributed by atoms with E-state index in [9.17, 15) is 14.9 Å². The smallest absolute Gasteiger partial charge is 0.324 e. The van der Waals surface area contributed by atoms with E-state index in [1.54, 1.807) is 4.90 Å². The Labute approximate surface area is 114 Å². The first-order chi connectivity index (χ1) is 8.11. The second-order valence-corrected chi connectivity index (χ2v) is 5.10. The van der Waals surface area contributed by atoms with E-state index in [2.05, 4.69) is 0 Å². The molecule has 0 radical (unpaired) electrons. The SMILES string of the molecule is Cl.NCC1CCN(C(=O)c2ccc([N+](=O)[O-])s2)C1. The number of nitro groups is 1. The van der Waals surface area contributed by atoms with Crippen LogP contribution in [0, 0.1) is 16.0 Å². The lowest BCUT2D eigenvalue weighted by Crippen LogP contribution is -2.29. The molecule has 1 amide bonds. The Morgan fingerprint density at radius 2 is 2.33 bits per heavy atom. The van der Waals surface area contributed by atoms with Crippen molar-refractivity contribution in [1.29, 1.82) is 0 Å². The fraction of sp³-hybridized carbons (Fsp3) is 0.500. The minimum atomic E-state index is -0.478. The number of amides is 1. The van der Waals surface area contributed by atoms with Gasteiger partial charge in [-0.15, -0.1) is 12.4 Å². The number of carbonyl (C=O) groups excluding carboxylic acids is 1. The van der Waals surface area contributed by atoms with E-state index in [-0.39, 0.29) is 23.3 Å². The van der Waals surface area contributed by atoms with Crippen molar-refractivity contribution < 1.29 is 9.72 Å². The average molecular weight is 292 g/mol. The summed E-state index contributed by atoms with van der Waals surface area (Å²) >= 11 is 0.923. The molecule has 1 fully saturated rings. The van der Waals surface area contributed by atoms with Gasteiger partial charge in [0.25, 0.3) is 5.91 Å². The third-order valence-electron chi connectivity index (χ3n) is 2.89.